The summed E-state index contributed by atoms with van der Waals surface area (Å²) in [6.07, 6.45) is 11.5. The molecule has 1 heterocycles. The van der Waals surface area contributed by atoms with Gasteiger partial charge < -0.3 is 0 Å². The summed E-state index contributed by atoms with van der Waals surface area (Å²) < 4.78 is 55.2. The second-order valence-corrected chi connectivity index (χ2v) is 9.79. The molecule has 0 atom stereocenters. The number of benzene rings is 3. The maximum Gasteiger partial charge on any atom is 0.194 e. The molecule has 1 nitrogen and oxygen atoms in total. The number of rotatable bonds is 12. The summed E-state index contributed by atoms with van der Waals surface area (Å²) in [7, 11) is 0. The van der Waals surface area contributed by atoms with Crippen LogP contribution in [0.2, 0.25) is 0 Å². The number of unbranched alkanes of at least 4 members (excludes halogenated alkanes) is 4. The van der Waals surface area contributed by atoms with E-state index < -0.39 is 17.5 Å². The molecule has 37 heavy (non-hydrogen) atoms. The van der Waals surface area contributed by atoms with Gasteiger partial charge in [0.1, 0.15) is 5.82 Å². The maximum absolute atomic E-state index is 15.1. The predicted molar refractivity (Wildman–Crippen MR) is 142 cm³/mol. The molecule has 194 valence electrons. The Morgan fingerprint density at radius 3 is 2.05 bits per heavy atom. The van der Waals surface area contributed by atoms with Gasteiger partial charge in [-0.1, -0.05) is 69.0 Å². The van der Waals surface area contributed by atoms with Crippen molar-refractivity contribution < 1.29 is 17.6 Å². The van der Waals surface area contributed by atoms with Crippen LogP contribution in [-0.4, -0.2) is 4.98 Å². The van der Waals surface area contributed by atoms with Crippen LogP contribution in [0.1, 0.15) is 67.0 Å². The van der Waals surface area contributed by atoms with Crippen molar-refractivity contribution in [2.24, 2.45) is 0 Å². The fraction of sp³-hybridized carbons (Fsp3) is 0.344. The van der Waals surface area contributed by atoms with Gasteiger partial charge in [0.05, 0.1) is 0 Å². The van der Waals surface area contributed by atoms with Crippen molar-refractivity contribution in [3.05, 3.63) is 112 Å². The normalized spacial score (nSPS) is 11.4. The third kappa shape index (κ3) is 7.18. The molecule has 4 aromatic rings. The molecular formula is C32H33F4N. The van der Waals surface area contributed by atoms with Gasteiger partial charge in [-0.05, 0) is 84.4 Å². The average molecular weight is 508 g/mol. The summed E-state index contributed by atoms with van der Waals surface area (Å²) in [5, 5.41) is 1.32. The lowest BCUT2D eigenvalue weighted by molar-refractivity contribution is 0.445. The first-order chi connectivity index (χ1) is 17.9. The Kier molecular flexibility index (Phi) is 9.32. The van der Waals surface area contributed by atoms with E-state index in [9.17, 15) is 13.2 Å². The Labute approximate surface area is 216 Å². The zero-order chi connectivity index (χ0) is 26.2. The molecule has 0 unspecified atom stereocenters. The van der Waals surface area contributed by atoms with Crippen LogP contribution in [0.25, 0.3) is 10.8 Å². The Bertz CT molecular complexity index is 1310. The first kappa shape index (κ1) is 26.8. The molecule has 0 aliphatic rings. The minimum atomic E-state index is -1.49. The van der Waals surface area contributed by atoms with Crippen molar-refractivity contribution in [3.63, 3.8) is 0 Å². The molecule has 0 N–H and O–H groups in total. The number of fused-ring (bicyclic) bond motifs is 1. The Morgan fingerprint density at radius 1 is 0.595 bits per heavy atom. The molecule has 0 aliphatic heterocycles. The van der Waals surface area contributed by atoms with Crippen LogP contribution in [-0.2, 0) is 32.1 Å². The molecule has 0 radical (unpaired) electrons. The highest BCUT2D eigenvalue weighted by molar-refractivity contribution is 5.84. The lowest BCUT2D eigenvalue weighted by Gasteiger charge is -2.10. The summed E-state index contributed by atoms with van der Waals surface area (Å²) in [5.41, 5.74) is 4.19. The van der Waals surface area contributed by atoms with E-state index in [1.54, 1.807) is 12.1 Å². The molecule has 0 fully saturated rings. The summed E-state index contributed by atoms with van der Waals surface area (Å²) in [5.74, 6) is -4.28. The second kappa shape index (κ2) is 12.8. The van der Waals surface area contributed by atoms with Gasteiger partial charge in [-0.25, -0.2) is 17.6 Å². The fourth-order valence-electron chi connectivity index (χ4n) is 4.72. The highest BCUT2D eigenvalue weighted by atomic mass is 19.2. The van der Waals surface area contributed by atoms with Gasteiger partial charge in [-0.2, -0.15) is 0 Å². The van der Waals surface area contributed by atoms with Crippen LogP contribution >= 0.6 is 0 Å². The van der Waals surface area contributed by atoms with Gasteiger partial charge in [-0.3, -0.25) is 4.98 Å². The second-order valence-electron chi connectivity index (χ2n) is 9.79. The molecule has 3 aromatic carbocycles. The Balaban J connectivity index is 1.34. The van der Waals surface area contributed by atoms with Crippen molar-refractivity contribution in [2.75, 3.05) is 0 Å². The molecular weight excluding hydrogens is 474 g/mol. The van der Waals surface area contributed by atoms with Crippen LogP contribution in [0, 0.1) is 23.3 Å². The Hall–Kier alpha value is -3.21. The minimum Gasteiger partial charge on any atom is -0.261 e. The molecule has 0 amide bonds. The van der Waals surface area contributed by atoms with E-state index in [2.05, 4.69) is 24.0 Å². The van der Waals surface area contributed by atoms with Crippen molar-refractivity contribution in [1.82, 2.24) is 4.98 Å². The molecule has 0 saturated carbocycles. The van der Waals surface area contributed by atoms with E-state index in [0.717, 1.165) is 48.0 Å². The maximum atomic E-state index is 15.1. The molecule has 5 heteroatoms. The predicted octanol–water partition coefficient (Wildman–Crippen LogP) is 8.87. The standard InChI is InChI=1S/C32H33F4N/c1-2-3-4-5-6-7-23-10-16-27(37-21-23)15-9-22-11-17-28-26(18-22)14-13-25(31(28)35)12-8-24-19-29(33)32(36)30(34)20-24/h10-11,13-14,16-21H,2-9,12,15H2,1H3. The molecule has 0 bridgehead atoms. The highest BCUT2D eigenvalue weighted by Gasteiger charge is 2.13. The van der Waals surface area contributed by atoms with Gasteiger partial charge in [0.2, 0.25) is 0 Å². The topological polar surface area (TPSA) is 12.9 Å². The first-order valence-corrected chi connectivity index (χ1v) is 13.2. The first-order valence-electron chi connectivity index (χ1n) is 13.2. The van der Waals surface area contributed by atoms with Crippen LogP contribution in [0.3, 0.4) is 0 Å². The van der Waals surface area contributed by atoms with E-state index in [0.29, 0.717) is 16.5 Å². The van der Waals surface area contributed by atoms with E-state index in [1.807, 2.05) is 24.4 Å². The summed E-state index contributed by atoms with van der Waals surface area (Å²) >= 11 is 0. The van der Waals surface area contributed by atoms with Gasteiger partial charge in [0.15, 0.2) is 17.5 Å². The van der Waals surface area contributed by atoms with E-state index in [-0.39, 0.29) is 18.7 Å². The number of aryl methyl sites for hydroxylation is 5. The fourth-order valence-corrected chi connectivity index (χ4v) is 4.72. The van der Waals surface area contributed by atoms with Gasteiger partial charge in [-0.15, -0.1) is 0 Å². The number of aromatic nitrogens is 1. The smallest absolute Gasteiger partial charge is 0.194 e. The number of hydrogen-bond donors (Lipinski definition) is 0. The third-order valence-corrected chi connectivity index (χ3v) is 6.95. The summed E-state index contributed by atoms with van der Waals surface area (Å²) in [6.45, 7) is 2.23. The SMILES string of the molecule is CCCCCCCc1ccc(CCc2ccc3c(F)c(CCc4cc(F)c(F)c(F)c4)ccc3c2)nc1. The number of hydrogen-bond acceptors (Lipinski definition) is 1. The molecule has 0 aliphatic carbocycles. The van der Waals surface area contributed by atoms with Gasteiger partial charge in [0, 0.05) is 17.3 Å². The van der Waals surface area contributed by atoms with Crippen LogP contribution in [0.4, 0.5) is 17.6 Å². The molecule has 0 spiro atoms. The van der Waals surface area contributed by atoms with Crippen molar-refractivity contribution in [2.45, 2.75) is 71.1 Å². The minimum absolute atomic E-state index is 0.208. The quantitative estimate of drug-likeness (QED) is 0.106. The van der Waals surface area contributed by atoms with Crippen molar-refractivity contribution in [3.8, 4) is 0 Å². The van der Waals surface area contributed by atoms with Crippen molar-refractivity contribution >= 4 is 10.8 Å². The zero-order valence-electron chi connectivity index (χ0n) is 21.3. The van der Waals surface area contributed by atoms with Gasteiger partial charge >= 0.3 is 0 Å². The zero-order valence-corrected chi connectivity index (χ0v) is 21.3. The lowest BCUT2D eigenvalue weighted by Crippen LogP contribution is -2.00. The van der Waals surface area contributed by atoms with Crippen LogP contribution < -0.4 is 0 Å². The summed E-state index contributed by atoms with van der Waals surface area (Å²) in [6, 6.07) is 15.5. The molecule has 0 saturated heterocycles. The van der Waals surface area contributed by atoms with Crippen LogP contribution in [0.5, 0.6) is 0 Å². The number of nitrogens with zero attached hydrogens (tertiary/aromatic N) is 1. The van der Waals surface area contributed by atoms with E-state index in [4.69, 9.17) is 0 Å². The monoisotopic (exact) mass is 507 g/mol. The Morgan fingerprint density at radius 2 is 1.32 bits per heavy atom. The number of pyridine rings is 1. The average Bonchev–Trinajstić information content (AvgIpc) is 2.90. The van der Waals surface area contributed by atoms with Gasteiger partial charge in [0.25, 0.3) is 0 Å². The van der Waals surface area contributed by atoms with E-state index in [1.165, 1.54) is 37.7 Å². The third-order valence-electron chi connectivity index (χ3n) is 6.95. The summed E-state index contributed by atoms with van der Waals surface area (Å²) in [4.78, 5) is 4.63. The number of halogens is 4. The largest absolute Gasteiger partial charge is 0.261 e. The highest BCUT2D eigenvalue weighted by Crippen LogP contribution is 2.25. The lowest BCUT2D eigenvalue weighted by atomic mass is 9.97. The van der Waals surface area contributed by atoms with Crippen molar-refractivity contribution in [1.29, 1.82) is 0 Å². The van der Waals surface area contributed by atoms with E-state index >= 15 is 4.39 Å². The van der Waals surface area contributed by atoms with Crippen LogP contribution in [0.15, 0.2) is 60.8 Å². The molecule has 4 rings (SSSR count). The molecule has 1 aromatic heterocycles.